The van der Waals surface area contributed by atoms with Gasteiger partial charge in [0.1, 0.15) is 5.83 Å². The number of aryl methyl sites for hydroxylation is 1. The van der Waals surface area contributed by atoms with Crippen LogP contribution in [0.2, 0.25) is 0 Å². The molecule has 74 valence electrons. The fourth-order valence-electron chi connectivity index (χ4n) is 1.17. The van der Waals surface area contributed by atoms with E-state index in [0.29, 0.717) is 6.42 Å². The van der Waals surface area contributed by atoms with Crippen LogP contribution in [0.15, 0.2) is 48.0 Å². The Balaban J connectivity index is 2.39. The average Bonchev–Trinajstić information content (AvgIpc) is 2.25. The Bertz CT molecular complexity index is 318. The molecular weight excluding hydrogens is 175 g/mol. The fourth-order valence-corrected chi connectivity index (χ4v) is 1.17. The molecule has 0 fully saturated rings. The van der Waals surface area contributed by atoms with Gasteiger partial charge in [-0.1, -0.05) is 43.0 Å². The van der Waals surface area contributed by atoms with Gasteiger partial charge in [-0.2, -0.15) is 0 Å². The molecule has 0 unspecified atom stereocenters. The molecule has 1 aromatic rings. The lowest BCUT2D eigenvalue weighted by Gasteiger charge is -1.94. The van der Waals surface area contributed by atoms with Crippen LogP contribution in [0.5, 0.6) is 0 Å². The summed E-state index contributed by atoms with van der Waals surface area (Å²) in [5, 5.41) is 0. The van der Waals surface area contributed by atoms with Gasteiger partial charge in [0.25, 0.3) is 0 Å². The Morgan fingerprint density at radius 1 is 1.36 bits per heavy atom. The maximum Gasteiger partial charge on any atom is 0.141 e. The summed E-state index contributed by atoms with van der Waals surface area (Å²) in [5.41, 5.74) is 3.91. The van der Waals surface area contributed by atoms with Crippen LogP contribution in [0.1, 0.15) is 25.3 Å². The molecule has 0 N–H and O–H groups in total. The summed E-state index contributed by atoms with van der Waals surface area (Å²) in [6.07, 6.45) is 4.00. The molecular formula is C13H15F. The Morgan fingerprint density at radius 3 is 2.71 bits per heavy atom. The molecule has 0 amide bonds. The predicted octanol–water partition coefficient (Wildman–Crippen LogP) is 4.04. The number of rotatable bonds is 4. The molecule has 0 heterocycles. The second kappa shape index (κ2) is 6.17. The van der Waals surface area contributed by atoms with Gasteiger partial charge in [0.2, 0.25) is 0 Å². The molecule has 0 atom stereocenters. The zero-order valence-electron chi connectivity index (χ0n) is 8.46. The molecule has 0 radical (unpaired) electrons. The van der Waals surface area contributed by atoms with Crippen molar-refractivity contribution in [1.82, 2.24) is 0 Å². The maximum atomic E-state index is 12.6. The van der Waals surface area contributed by atoms with E-state index in [9.17, 15) is 4.39 Å². The molecule has 0 aromatic heterocycles. The molecule has 0 aliphatic heterocycles. The van der Waals surface area contributed by atoms with Gasteiger partial charge in [0.15, 0.2) is 0 Å². The van der Waals surface area contributed by atoms with Crippen LogP contribution in [0.3, 0.4) is 0 Å². The fraction of sp³-hybridized carbons (Fsp3) is 0.308. The number of benzene rings is 1. The molecule has 14 heavy (non-hydrogen) atoms. The molecule has 0 saturated carbocycles. The van der Waals surface area contributed by atoms with Gasteiger partial charge in [0.05, 0.1) is 0 Å². The van der Waals surface area contributed by atoms with Crippen molar-refractivity contribution < 1.29 is 4.39 Å². The summed E-state index contributed by atoms with van der Waals surface area (Å²) in [6, 6.07) is 10.2. The van der Waals surface area contributed by atoms with Crippen molar-refractivity contribution in [3.05, 3.63) is 53.5 Å². The highest BCUT2D eigenvalue weighted by atomic mass is 19.1. The SMILES string of the molecule is CCC(F)=C=CCCc1ccccc1. The quantitative estimate of drug-likeness (QED) is 0.628. The number of hydrogen-bond acceptors (Lipinski definition) is 0. The van der Waals surface area contributed by atoms with Crippen LogP contribution in [0, 0.1) is 0 Å². The van der Waals surface area contributed by atoms with Gasteiger partial charge < -0.3 is 0 Å². The molecule has 0 aliphatic rings. The second-order valence-corrected chi connectivity index (χ2v) is 3.13. The molecule has 0 spiro atoms. The molecule has 1 heteroatoms. The van der Waals surface area contributed by atoms with E-state index in [0.717, 1.165) is 12.8 Å². The zero-order chi connectivity index (χ0) is 10.2. The van der Waals surface area contributed by atoms with Gasteiger partial charge in [0, 0.05) is 6.42 Å². The molecule has 0 bridgehead atoms. The van der Waals surface area contributed by atoms with Crippen molar-refractivity contribution >= 4 is 0 Å². The van der Waals surface area contributed by atoms with Crippen molar-refractivity contribution in [3.63, 3.8) is 0 Å². The number of hydrogen-bond donors (Lipinski definition) is 0. The normalized spacial score (nSPS) is 9.29. The van der Waals surface area contributed by atoms with Crippen molar-refractivity contribution in [2.45, 2.75) is 26.2 Å². The van der Waals surface area contributed by atoms with E-state index < -0.39 is 0 Å². The van der Waals surface area contributed by atoms with Gasteiger partial charge in [-0.15, -0.1) is 0 Å². The number of halogens is 1. The molecule has 0 nitrogen and oxygen atoms in total. The lowest BCUT2D eigenvalue weighted by atomic mass is 10.1. The highest BCUT2D eigenvalue weighted by Gasteiger charge is 1.88. The first kappa shape index (κ1) is 10.7. The summed E-state index contributed by atoms with van der Waals surface area (Å²) < 4.78 is 12.6. The summed E-state index contributed by atoms with van der Waals surface area (Å²) in [4.78, 5) is 0. The summed E-state index contributed by atoms with van der Waals surface area (Å²) in [7, 11) is 0. The van der Waals surface area contributed by atoms with E-state index in [1.807, 2.05) is 18.2 Å². The van der Waals surface area contributed by atoms with E-state index >= 15 is 0 Å². The highest BCUT2D eigenvalue weighted by Crippen LogP contribution is 2.03. The van der Waals surface area contributed by atoms with E-state index in [2.05, 4.69) is 17.9 Å². The monoisotopic (exact) mass is 190 g/mol. The van der Waals surface area contributed by atoms with Gasteiger partial charge >= 0.3 is 0 Å². The Labute approximate surface area is 84.8 Å². The summed E-state index contributed by atoms with van der Waals surface area (Å²) in [6.45, 7) is 1.79. The first-order valence-electron chi connectivity index (χ1n) is 4.96. The molecule has 0 saturated heterocycles. The highest BCUT2D eigenvalue weighted by molar-refractivity contribution is 5.15. The first-order chi connectivity index (χ1) is 6.83. The van der Waals surface area contributed by atoms with Crippen molar-refractivity contribution in [1.29, 1.82) is 0 Å². The van der Waals surface area contributed by atoms with E-state index in [-0.39, 0.29) is 5.83 Å². The molecule has 1 aromatic carbocycles. The van der Waals surface area contributed by atoms with E-state index in [1.165, 1.54) is 5.56 Å². The van der Waals surface area contributed by atoms with Crippen LogP contribution in [0.4, 0.5) is 4.39 Å². The zero-order valence-corrected chi connectivity index (χ0v) is 8.46. The average molecular weight is 190 g/mol. The Kier molecular flexibility index (Phi) is 4.74. The van der Waals surface area contributed by atoms with Gasteiger partial charge in [-0.25, -0.2) is 4.39 Å². The van der Waals surface area contributed by atoms with E-state index in [1.54, 1.807) is 13.0 Å². The molecule has 1 rings (SSSR count). The molecule has 0 aliphatic carbocycles. The smallest absolute Gasteiger partial charge is 0.141 e. The van der Waals surface area contributed by atoms with Crippen molar-refractivity contribution in [2.75, 3.05) is 0 Å². The standard InChI is InChI=1S/C13H15F/c1-2-13(14)11-7-6-10-12-8-4-3-5-9-12/h3-5,7-9H,2,6,10H2,1H3. The predicted molar refractivity (Wildman–Crippen MR) is 57.8 cm³/mol. The van der Waals surface area contributed by atoms with Crippen molar-refractivity contribution in [3.8, 4) is 0 Å². The van der Waals surface area contributed by atoms with Gasteiger partial charge in [-0.3, -0.25) is 0 Å². The van der Waals surface area contributed by atoms with Crippen molar-refractivity contribution in [2.24, 2.45) is 0 Å². The first-order valence-corrected chi connectivity index (χ1v) is 4.96. The lowest BCUT2D eigenvalue weighted by Crippen LogP contribution is -1.80. The van der Waals surface area contributed by atoms with Gasteiger partial charge in [-0.05, 0) is 24.5 Å². The van der Waals surface area contributed by atoms with Crippen LogP contribution in [-0.2, 0) is 6.42 Å². The lowest BCUT2D eigenvalue weighted by molar-refractivity contribution is 0.606. The van der Waals surface area contributed by atoms with Crippen LogP contribution < -0.4 is 0 Å². The van der Waals surface area contributed by atoms with Crippen LogP contribution in [0.25, 0.3) is 0 Å². The summed E-state index contributed by atoms with van der Waals surface area (Å²) in [5.74, 6) is -0.168. The van der Waals surface area contributed by atoms with Crippen LogP contribution >= 0.6 is 0 Å². The topological polar surface area (TPSA) is 0 Å². The minimum absolute atomic E-state index is 0.168. The Morgan fingerprint density at radius 2 is 2.07 bits per heavy atom. The van der Waals surface area contributed by atoms with E-state index in [4.69, 9.17) is 0 Å². The Hall–Kier alpha value is -1.33. The summed E-state index contributed by atoms with van der Waals surface area (Å²) >= 11 is 0. The number of allylic oxidation sites excluding steroid dienone is 1. The minimum Gasteiger partial charge on any atom is -0.203 e. The maximum absolute atomic E-state index is 12.6. The third kappa shape index (κ3) is 4.06. The third-order valence-corrected chi connectivity index (χ3v) is 1.99. The second-order valence-electron chi connectivity index (χ2n) is 3.13. The largest absolute Gasteiger partial charge is 0.203 e. The minimum atomic E-state index is -0.168. The third-order valence-electron chi connectivity index (χ3n) is 1.99. The van der Waals surface area contributed by atoms with Crippen LogP contribution in [-0.4, -0.2) is 0 Å².